The fraction of sp³-hybridized carbons (Fsp3) is 0.462. The average molecular weight is 365 g/mol. The van der Waals surface area contributed by atoms with Crippen LogP contribution >= 0.6 is 24.0 Å². The Bertz CT molecular complexity index is 405. The minimum atomic E-state index is -0.191. The molecule has 0 bridgehead atoms. The van der Waals surface area contributed by atoms with Crippen molar-refractivity contribution in [2.24, 2.45) is 16.6 Å². The van der Waals surface area contributed by atoms with Crippen molar-refractivity contribution in [3.63, 3.8) is 0 Å². The van der Waals surface area contributed by atoms with Gasteiger partial charge in [-0.1, -0.05) is 26.0 Å². The molecule has 1 rings (SSSR count). The van der Waals surface area contributed by atoms with Gasteiger partial charge in [0.15, 0.2) is 5.96 Å². The van der Waals surface area contributed by atoms with Gasteiger partial charge in [-0.2, -0.15) is 0 Å². The van der Waals surface area contributed by atoms with Crippen LogP contribution in [0, 0.1) is 18.7 Å². The topological polar surface area (TPSA) is 50.4 Å². The number of hydrogen-bond acceptors (Lipinski definition) is 1. The molecule has 18 heavy (non-hydrogen) atoms. The van der Waals surface area contributed by atoms with Crippen molar-refractivity contribution in [1.29, 1.82) is 0 Å². The number of aryl methyl sites for hydroxylation is 1. The molecule has 5 heteroatoms. The standard InChI is InChI=1S/C13H20FN3.HI/c1-9(2)7-16-13(15)17-8-11-4-5-12(14)10(3)6-11;/h4-6,9H,7-8H2,1-3H3,(H3,15,16,17);1H. The molecule has 0 amide bonds. The Labute approximate surface area is 125 Å². The van der Waals surface area contributed by atoms with Crippen molar-refractivity contribution in [3.8, 4) is 0 Å². The van der Waals surface area contributed by atoms with E-state index in [0.717, 1.165) is 12.1 Å². The number of guanidine groups is 1. The molecule has 1 aromatic rings. The number of hydrogen-bond donors (Lipinski definition) is 2. The summed E-state index contributed by atoms with van der Waals surface area (Å²) >= 11 is 0. The monoisotopic (exact) mass is 365 g/mol. The first-order valence-electron chi connectivity index (χ1n) is 5.78. The van der Waals surface area contributed by atoms with Gasteiger partial charge in [-0.05, 0) is 30.0 Å². The minimum absolute atomic E-state index is 0. The summed E-state index contributed by atoms with van der Waals surface area (Å²) in [5.74, 6) is 0.765. The van der Waals surface area contributed by atoms with Crippen molar-refractivity contribution < 1.29 is 4.39 Å². The van der Waals surface area contributed by atoms with Crippen LogP contribution in [0.1, 0.15) is 25.0 Å². The molecule has 102 valence electrons. The molecule has 0 aliphatic carbocycles. The molecular weight excluding hydrogens is 344 g/mol. The number of rotatable bonds is 4. The normalized spacial score (nSPS) is 11.3. The van der Waals surface area contributed by atoms with Crippen LogP contribution in [-0.2, 0) is 6.54 Å². The number of benzene rings is 1. The Morgan fingerprint density at radius 2 is 2.11 bits per heavy atom. The summed E-state index contributed by atoms with van der Waals surface area (Å²) in [4.78, 5) is 4.20. The quantitative estimate of drug-likeness (QED) is 0.490. The predicted octanol–water partition coefficient (Wildman–Crippen LogP) is 2.81. The first-order valence-corrected chi connectivity index (χ1v) is 5.78. The lowest BCUT2D eigenvalue weighted by Crippen LogP contribution is -2.34. The number of nitrogens with one attached hydrogen (secondary N) is 1. The second-order valence-electron chi connectivity index (χ2n) is 4.56. The van der Waals surface area contributed by atoms with Crippen LogP contribution in [0.5, 0.6) is 0 Å². The van der Waals surface area contributed by atoms with Crippen LogP contribution in [0.2, 0.25) is 0 Å². The maximum absolute atomic E-state index is 13.0. The van der Waals surface area contributed by atoms with Gasteiger partial charge in [-0.25, -0.2) is 9.38 Å². The second-order valence-corrected chi connectivity index (χ2v) is 4.56. The summed E-state index contributed by atoms with van der Waals surface area (Å²) in [6.07, 6.45) is 0. The SMILES string of the molecule is Cc1cc(CN=C(N)NCC(C)C)ccc1F.I. The summed E-state index contributed by atoms with van der Waals surface area (Å²) in [5.41, 5.74) is 7.29. The first kappa shape index (κ1) is 17.2. The Hall–Kier alpha value is -0.850. The molecular formula is C13H21FIN3. The van der Waals surface area contributed by atoms with Crippen molar-refractivity contribution >= 4 is 29.9 Å². The van der Waals surface area contributed by atoms with Crippen molar-refractivity contribution in [2.45, 2.75) is 27.3 Å². The third-order valence-corrected chi connectivity index (χ3v) is 2.35. The molecule has 3 N–H and O–H groups in total. The van der Waals surface area contributed by atoms with Gasteiger partial charge in [0.05, 0.1) is 6.54 Å². The third kappa shape index (κ3) is 6.18. The van der Waals surface area contributed by atoms with Crippen molar-refractivity contribution in [1.82, 2.24) is 5.32 Å². The molecule has 0 atom stereocenters. The van der Waals surface area contributed by atoms with Crippen molar-refractivity contribution in [3.05, 3.63) is 35.1 Å². The lowest BCUT2D eigenvalue weighted by atomic mass is 10.1. The number of aliphatic imine (C=N–C) groups is 1. The highest BCUT2D eigenvalue weighted by Crippen LogP contribution is 2.09. The Morgan fingerprint density at radius 3 is 2.67 bits per heavy atom. The van der Waals surface area contributed by atoms with E-state index in [4.69, 9.17) is 5.73 Å². The molecule has 0 spiro atoms. The summed E-state index contributed by atoms with van der Waals surface area (Å²) < 4.78 is 13.0. The molecule has 0 radical (unpaired) electrons. The molecule has 0 heterocycles. The van der Waals surface area contributed by atoms with Gasteiger partial charge >= 0.3 is 0 Å². The smallest absolute Gasteiger partial charge is 0.188 e. The zero-order valence-electron chi connectivity index (χ0n) is 11.0. The van der Waals surface area contributed by atoms with Crippen LogP contribution in [-0.4, -0.2) is 12.5 Å². The van der Waals surface area contributed by atoms with Gasteiger partial charge < -0.3 is 11.1 Å². The maximum atomic E-state index is 13.0. The Balaban J connectivity index is 0.00000289. The number of nitrogens with zero attached hydrogens (tertiary/aromatic N) is 1. The second kappa shape index (κ2) is 8.29. The van der Waals surface area contributed by atoms with Crippen LogP contribution in [0.4, 0.5) is 4.39 Å². The molecule has 0 aromatic heterocycles. The van der Waals surface area contributed by atoms with Gasteiger partial charge in [-0.15, -0.1) is 24.0 Å². The van der Waals surface area contributed by atoms with E-state index in [2.05, 4.69) is 24.2 Å². The maximum Gasteiger partial charge on any atom is 0.188 e. The highest BCUT2D eigenvalue weighted by atomic mass is 127. The van der Waals surface area contributed by atoms with E-state index >= 15 is 0 Å². The summed E-state index contributed by atoms with van der Waals surface area (Å²) in [7, 11) is 0. The van der Waals surface area contributed by atoms with Crippen LogP contribution in [0.15, 0.2) is 23.2 Å². The molecule has 3 nitrogen and oxygen atoms in total. The summed E-state index contributed by atoms with van der Waals surface area (Å²) in [6, 6.07) is 4.97. The van der Waals surface area contributed by atoms with Crippen LogP contribution in [0.25, 0.3) is 0 Å². The molecule has 0 aliphatic rings. The van der Waals surface area contributed by atoms with Crippen LogP contribution < -0.4 is 11.1 Å². The van der Waals surface area contributed by atoms with E-state index in [1.54, 1.807) is 19.1 Å². The van der Waals surface area contributed by atoms with Gasteiger partial charge in [-0.3, -0.25) is 0 Å². The van der Waals surface area contributed by atoms with E-state index < -0.39 is 0 Å². The van der Waals surface area contributed by atoms with Gasteiger partial charge in [0.2, 0.25) is 0 Å². The largest absolute Gasteiger partial charge is 0.370 e. The van der Waals surface area contributed by atoms with E-state index in [0.29, 0.717) is 24.0 Å². The molecule has 0 saturated heterocycles. The zero-order chi connectivity index (χ0) is 12.8. The molecule has 0 aliphatic heterocycles. The van der Waals surface area contributed by atoms with Gasteiger partial charge in [0.1, 0.15) is 5.82 Å². The zero-order valence-corrected chi connectivity index (χ0v) is 13.4. The van der Waals surface area contributed by atoms with Crippen LogP contribution in [0.3, 0.4) is 0 Å². The van der Waals surface area contributed by atoms with Crippen molar-refractivity contribution in [2.75, 3.05) is 6.54 Å². The summed E-state index contributed by atoms with van der Waals surface area (Å²) in [5, 5.41) is 3.03. The molecule has 0 fully saturated rings. The summed E-state index contributed by atoms with van der Waals surface area (Å²) in [6.45, 7) is 7.21. The predicted molar refractivity (Wildman–Crippen MR) is 84.7 cm³/mol. The molecule has 1 aromatic carbocycles. The highest BCUT2D eigenvalue weighted by Gasteiger charge is 1.99. The van der Waals surface area contributed by atoms with E-state index in [9.17, 15) is 4.39 Å². The number of nitrogens with two attached hydrogens (primary N) is 1. The molecule has 0 saturated carbocycles. The fourth-order valence-electron chi connectivity index (χ4n) is 1.35. The highest BCUT2D eigenvalue weighted by molar-refractivity contribution is 14.0. The fourth-order valence-corrected chi connectivity index (χ4v) is 1.35. The number of halogens is 2. The van der Waals surface area contributed by atoms with E-state index in [1.807, 2.05) is 0 Å². The van der Waals surface area contributed by atoms with E-state index in [-0.39, 0.29) is 29.8 Å². The minimum Gasteiger partial charge on any atom is -0.370 e. The molecule has 0 unspecified atom stereocenters. The lowest BCUT2D eigenvalue weighted by molar-refractivity contribution is 0.617. The Kier molecular flexibility index (Phi) is 7.90. The van der Waals surface area contributed by atoms with Gasteiger partial charge in [0, 0.05) is 6.54 Å². The third-order valence-electron chi connectivity index (χ3n) is 2.35. The van der Waals surface area contributed by atoms with Gasteiger partial charge in [0.25, 0.3) is 0 Å². The first-order chi connectivity index (χ1) is 7.99. The Morgan fingerprint density at radius 1 is 1.44 bits per heavy atom. The average Bonchev–Trinajstić information content (AvgIpc) is 2.28. The lowest BCUT2D eigenvalue weighted by Gasteiger charge is -2.08. The van der Waals surface area contributed by atoms with E-state index in [1.165, 1.54) is 6.07 Å².